The van der Waals surface area contributed by atoms with Crippen LogP contribution in [-0.4, -0.2) is 20.9 Å². The third kappa shape index (κ3) is 3.20. The van der Waals surface area contributed by atoms with E-state index in [0.717, 1.165) is 0 Å². The van der Waals surface area contributed by atoms with Crippen LogP contribution in [-0.2, 0) is 19.5 Å². The molecule has 0 heterocycles. The van der Waals surface area contributed by atoms with Gasteiger partial charge >= 0.3 is 13.8 Å². The predicted octanol–water partition coefficient (Wildman–Crippen LogP) is 2.12. The zero-order valence-corrected chi connectivity index (χ0v) is 11.7. The molecule has 110 valence electrons. The van der Waals surface area contributed by atoms with Crippen molar-refractivity contribution < 1.29 is 28.8 Å². The molecule has 2 aromatic rings. The van der Waals surface area contributed by atoms with Crippen LogP contribution in [0, 0.1) is 0 Å². The third-order valence-corrected chi connectivity index (χ3v) is 3.43. The fraction of sp³-hybridized carbons (Fsp3) is 0.0714. The molecule has 0 aliphatic heterocycles. The quantitative estimate of drug-likeness (QED) is 0.731. The average molecular weight is 308 g/mol. The van der Waals surface area contributed by atoms with Crippen molar-refractivity contribution in [1.29, 1.82) is 0 Å². The van der Waals surface area contributed by atoms with Gasteiger partial charge in [0.05, 0.1) is 0 Å². The number of rotatable bonds is 5. The van der Waals surface area contributed by atoms with E-state index in [1.165, 1.54) is 24.3 Å². The molecule has 6 nitrogen and oxygen atoms in total. The topological polar surface area (TPSA) is 104 Å². The van der Waals surface area contributed by atoms with Gasteiger partial charge in [0.1, 0.15) is 0 Å². The second kappa shape index (κ2) is 5.79. The fourth-order valence-corrected chi connectivity index (χ4v) is 2.73. The smallest absolute Gasteiger partial charge is 0.471 e. The van der Waals surface area contributed by atoms with Gasteiger partial charge in [-0.1, -0.05) is 60.7 Å². The molecule has 0 saturated heterocycles. The summed E-state index contributed by atoms with van der Waals surface area (Å²) in [5.41, 5.74) is -2.04. The van der Waals surface area contributed by atoms with Crippen molar-refractivity contribution in [2.24, 2.45) is 0 Å². The fourth-order valence-electron chi connectivity index (χ4n) is 2.08. The summed E-state index contributed by atoms with van der Waals surface area (Å²) in [5.74, 6) is -1.51. The highest BCUT2D eigenvalue weighted by Crippen LogP contribution is 2.48. The number of hydrogen-bond donors (Lipinski definition) is 3. The highest BCUT2D eigenvalue weighted by molar-refractivity contribution is 7.46. The average Bonchev–Trinajstić information content (AvgIpc) is 2.45. The lowest BCUT2D eigenvalue weighted by atomic mass is 9.86. The summed E-state index contributed by atoms with van der Waals surface area (Å²) < 4.78 is 16.0. The summed E-state index contributed by atoms with van der Waals surface area (Å²) in [6, 6.07) is 15.4. The zero-order chi connectivity index (χ0) is 15.5. The van der Waals surface area contributed by atoms with Crippen molar-refractivity contribution in [2.45, 2.75) is 5.60 Å². The van der Waals surface area contributed by atoms with Crippen molar-refractivity contribution in [3.63, 3.8) is 0 Å². The Morgan fingerprint density at radius 1 is 0.905 bits per heavy atom. The van der Waals surface area contributed by atoms with Gasteiger partial charge in [-0.2, -0.15) is 0 Å². The molecule has 21 heavy (non-hydrogen) atoms. The number of phosphoric acid groups is 1. The van der Waals surface area contributed by atoms with E-state index in [2.05, 4.69) is 0 Å². The lowest BCUT2D eigenvalue weighted by Crippen LogP contribution is -2.39. The van der Waals surface area contributed by atoms with Gasteiger partial charge in [-0.25, -0.2) is 9.36 Å². The van der Waals surface area contributed by atoms with Crippen LogP contribution in [0.3, 0.4) is 0 Å². The monoisotopic (exact) mass is 308 g/mol. The minimum absolute atomic E-state index is 0.118. The normalized spacial score (nSPS) is 12.1. The van der Waals surface area contributed by atoms with Gasteiger partial charge in [0, 0.05) is 11.1 Å². The number of benzene rings is 2. The molecular formula is C14H13O6P. The number of hydrogen-bond acceptors (Lipinski definition) is 3. The van der Waals surface area contributed by atoms with Gasteiger partial charge in [0.25, 0.3) is 0 Å². The Hall–Kier alpha value is -1.98. The van der Waals surface area contributed by atoms with Crippen LogP contribution in [0.5, 0.6) is 0 Å². The van der Waals surface area contributed by atoms with Crippen molar-refractivity contribution in [3.05, 3.63) is 71.8 Å². The second-order valence-corrected chi connectivity index (χ2v) is 5.46. The van der Waals surface area contributed by atoms with Gasteiger partial charge < -0.3 is 14.9 Å². The standard InChI is InChI=1S/C14H13O6P/c15-13(16)14(20-21(17,18)19,11-7-3-1-4-8-11)12-9-5-2-6-10-12/h1-10H,(H,15,16)(H2,17,18,19). The summed E-state index contributed by atoms with van der Waals surface area (Å²) >= 11 is 0. The molecule has 0 saturated carbocycles. The van der Waals surface area contributed by atoms with E-state index in [9.17, 15) is 14.5 Å². The van der Waals surface area contributed by atoms with E-state index in [1.54, 1.807) is 36.4 Å². The second-order valence-electron chi connectivity index (χ2n) is 4.30. The predicted molar refractivity (Wildman–Crippen MR) is 74.4 cm³/mol. The summed E-state index contributed by atoms with van der Waals surface area (Å²) in [5, 5.41) is 9.63. The van der Waals surface area contributed by atoms with Crippen LogP contribution in [0.4, 0.5) is 0 Å². The molecule has 0 spiro atoms. The number of carboxylic acids is 1. The Morgan fingerprint density at radius 2 is 1.29 bits per heavy atom. The van der Waals surface area contributed by atoms with Crippen LogP contribution in [0.15, 0.2) is 60.7 Å². The molecule has 0 unspecified atom stereocenters. The molecule has 2 rings (SSSR count). The Kier molecular flexibility index (Phi) is 4.25. The summed E-state index contributed by atoms with van der Waals surface area (Å²) in [6.07, 6.45) is 0. The molecule has 0 aliphatic carbocycles. The molecule has 0 bridgehead atoms. The molecule has 3 N–H and O–H groups in total. The van der Waals surface area contributed by atoms with E-state index in [0.29, 0.717) is 0 Å². The van der Waals surface area contributed by atoms with E-state index in [1.807, 2.05) is 0 Å². The van der Waals surface area contributed by atoms with E-state index in [4.69, 9.17) is 14.3 Å². The third-order valence-electron chi connectivity index (χ3n) is 2.92. The van der Waals surface area contributed by atoms with Gasteiger partial charge in [0.15, 0.2) is 0 Å². The van der Waals surface area contributed by atoms with E-state index < -0.39 is 19.4 Å². The summed E-state index contributed by atoms with van der Waals surface area (Å²) in [4.78, 5) is 30.1. The Balaban J connectivity index is 2.73. The Labute approximate surface area is 120 Å². The van der Waals surface area contributed by atoms with Crippen LogP contribution in [0.25, 0.3) is 0 Å². The number of aliphatic carboxylic acids is 1. The minimum Gasteiger partial charge on any atom is -0.479 e. The molecule has 0 radical (unpaired) electrons. The molecule has 0 fully saturated rings. The van der Waals surface area contributed by atoms with Crippen LogP contribution in [0.2, 0.25) is 0 Å². The van der Waals surface area contributed by atoms with Crippen LogP contribution < -0.4 is 0 Å². The first-order valence-corrected chi connectivity index (χ1v) is 7.50. The van der Waals surface area contributed by atoms with Gasteiger partial charge in [0.2, 0.25) is 5.60 Å². The Morgan fingerprint density at radius 3 is 1.57 bits per heavy atom. The number of carboxylic acid groups (broad SMARTS) is 1. The minimum atomic E-state index is -5.05. The largest absolute Gasteiger partial charge is 0.479 e. The first kappa shape index (κ1) is 15.4. The molecular weight excluding hydrogens is 295 g/mol. The molecule has 7 heteroatoms. The molecule has 0 atom stereocenters. The van der Waals surface area contributed by atoms with Crippen molar-refractivity contribution >= 4 is 13.8 Å². The highest BCUT2D eigenvalue weighted by Gasteiger charge is 2.48. The number of phosphoric ester groups is 1. The molecule has 0 aromatic heterocycles. The maximum Gasteiger partial charge on any atom is 0.471 e. The van der Waals surface area contributed by atoms with Crippen molar-refractivity contribution in [3.8, 4) is 0 Å². The zero-order valence-electron chi connectivity index (χ0n) is 10.8. The maximum atomic E-state index is 11.8. The molecule has 2 aromatic carbocycles. The molecule has 0 amide bonds. The summed E-state index contributed by atoms with van der Waals surface area (Å²) in [6.45, 7) is 0. The van der Waals surface area contributed by atoms with E-state index >= 15 is 0 Å². The van der Waals surface area contributed by atoms with E-state index in [-0.39, 0.29) is 11.1 Å². The maximum absolute atomic E-state index is 11.8. The van der Waals surface area contributed by atoms with Crippen LogP contribution >= 0.6 is 7.82 Å². The first-order valence-electron chi connectivity index (χ1n) is 5.97. The number of carbonyl (C=O) groups is 1. The highest BCUT2D eigenvalue weighted by atomic mass is 31.2. The lowest BCUT2D eigenvalue weighted by molar-refractivity contribution is -0.153. The van der Waals surface area contributed by atoms with Gasteiger partial charge in [-0.3, -0.25) is 4.52 Å². The summed E-state index contributed by atoms with van der Waals surface area (Å²) in [7, 11) is -5.05. The lowest BCUT2D eigenvalue weighted by Gasteiger charge is -2.30. The van der Waals surface area contributed by atoms with Crippen LogP contribution in [0.1, 0.15) is 11.1 Å². The van der Waals surface area contributed by atoms with Crippen molar-refractivity contribution in [2.75, 3.05) is 0 Å². The van der Waals surface area contributed by atoms with Gasteiger partial charge in [-0.15, -0.1) is 0 Å². The Bertz CT molecular complexity index is 625. The van der Waals surface area contributed by atoms with Gasteiger partial charge in [-0.05, 0) is 0 Å². The SMILES string of the molecule is O=C(O)C(OP(=O)(O)O)(c1ccccc1)c1ccccc1. The first-order chi connectivity index (χ1) is 9.86. The van der Waals surface area contributed by atoms with Crippen molar-refractivity contribution in [1.82, 2.24) is 0 Å². The molecule has 0 aliphatic rings.